The summed E-state index contributed by atoms with van der Waals surface area (Å²) in [5, 5.41) is 9.24. The van der Waals surface area contributed by atoms with Crippen LogP contribution in [0.4, 0.5) is 5.69 Å². The summed E-state index contributed by atoms with van der Waals surface area (Å²) in [6.45, 7) is 4.14. The van der Waals surface area contributed by atoms with Crippen LogP contribution in [0.5, 0.6) is 5.75 Å². The molecule has 5 heteroatoms. The first kappa shape index (κ1) is 13.4. The zero-order valence-electron chi connectivity index (χ0n) is 10.8. The molecule has 3 N–H and O–H groups in total. The number of nitrogens with two attached hydrogens (primary N) is 1. The number of thiophene rings is 1. The average Bonchev–Trinajstić information content (AvgIpc) is 2.68. The van der Waals surface area contributed by atoms with Crippen molar-refractivity contribution in [2.45, 2.75) is 13.8 Å². The largest absolute Gasteiger partial charge is 0.492 e. The topological polar surface area (TPSA) is 72.5 Å². The molecular weight excluding hydrogens is 262 g/mol. The Labute approximate surface area is 115 Å². The number of anilines is 1. The third-order valence-corrected chi connectivity index (χ3v) is 4.03. The monoisotopic (exact) mass is 277 g/mol. The summed E-state index contributed by atoms with van der Waals surface area (Å²) in [5.41, 5.74) is 8.17. The molecular formula is C14H15NO3S. The third-order valence-electron chi connectivity index (χ3n) is 2.72. The van der Waals surface area contributed by atoms with Crippen LogP contribution in [0.1, 0.15) is 22.2 Å². The Morgan fingerprint density at radius 3 is 2.79 bits per heavy atom. The number of carboxylic acid groups (broad SMARTS) is 1. The maximum Gasteiger partial charge on any atom is 0.349 e. The van der Waals surface area contributed by atoms with Crippen molar-refractivity contribution in [3.8, 4) is 16.2 Å². The number of aromatic carboxylic acids is 1. The van der Waals surface area contributed by atoms with Gasteiger partial charge in [0.15, 0.2) is 4.88 Å². The second-order valence-corrected chi connectivity index (χ2v) is 5.10. The lowest BCUT2D eigenvalue weighted by Gasteiger charge is -2.04. The molecule has 0 aliphatic heterocycles. The first-order valence-corrected chi connectivity index (χ1v) is 6.71. The molecule has 0 unspecified atom stereocenters. The molecule has 0 bridgehead atoms. The summed E-state index contributed by atoms with van der Waals surface area (Å²) in [4.78, 5) is 12.4. The molecule has 0 aliphatic carbocycles. The molecule has 0 spiro atoms. The van der Waals surface area contributed by atoms with Gasteiger partial charge in [-0.2, -0.15) is 0 Å². The fourth-order valence-corrected chi connectivity index (χ4v) is 3.00. The summed E-state index contributed by atoms with van der Waals surface area (Å²) in [6, 6.07) is 7.40. The Morgan fingerprint density at radius 1 is 1.47 bits per heavy atom. The fourth-order valence-electron chi connectivity index (χ4n) is 1.91. The molecule has 1 aromatic heterocycles. The van der Waals surface area contributed by atoms with Gasteiger partial charge in [0.05, 0.1) is 6.61 Å². The van der Waals surface area contributed by atoms with Crippen LogP contribution in [-0.4, -0.2) is 17.7 Å². The Balaban J connectivity index is 2.59. The van der Waals surface area contributed by atoms with E-state index in [0.717, 1.165) is 16.0 Å². The molecule has 0 amide bonds. The maximum absolute atomic E-state index is 11.3. The molecule has 4 nitrogen and oxygen atoms in total. The second-order valence-electron chi connectivity index (χ2n) is 4.08. The molecule has 100 valence electrons. The minimum absolute atomic E-state index is 0.233. The van der Waals surface area contributed by atoms with E-state index in [9.17, 15) is 9.90 Å². The van der Waals surface area contributed by atoms with E-state index in [2.05, 4.69) is 0 Å². The first-order valence-electron chi connectivity index (χ1n) is 5.90. The highest BCUT2D eigenvalue weighted by Crippen LogP contribution is 2.41. The van der Waals surface area contributed by atoms with Gasteiger partial charge in [0.2, 0.25) is 0 Å². The van der Waals surface area contributed by atoms with E-state index in [1.165, 1.54) is 11.3 Å². The summed E-state index contributed by atoms with van der Waals surface area (Å²) in [5.74, 6) is -0.510. The van der Waals surface area contributed by atoms with Crippen molar-refractivity contribution in [1.29, 1.82) is 0 Å². The Bertz CT molecular complexity index is 619. The summed E-state index contributed by atoms with van der Waals surface area (Å²) >= 11 is 1.22. The lowest BCUT2D eigenvalue weighted by atomic mass is 10.1. The van der Waals surface area contributed by atoms with Gasteiger partial charge in [-0.3, -0.25) is 0 Å². The molecule has 0 fully saturated rings. The van der Waals surface area contributed by atoms with E-state index < -0.39 is 5.97 Å². The number of hydrogen-bond donors (Lipinski definition) is 2. The van der Waals surface area contributed by atoms with Gasteiger partial charge < -0.3 is 15.6 Å². The Kier molecular flexibility index (Phi) is 3.76. The van der Waals surface area contributed by atoms with Crippen molar-refractivity contribution < 1.29 is 14.6 Å². The zero-order chi connectivity index (χ0) is 14.0. The minimum Gasteiger partial charge on any atom is -0.492 e. The molecule has 0 atom stereocenters. The van der Waals surface area contributed by atoms with Crippen LogP contribution >= 0.6 is 11.3 Å². The van der Waals surface area contributed by atoms with E-state index in [1.54, 1.807) is 6.07 Å². The van der Waals surface area contributed by atoms with E-state index in [-0.39, 0.29) is 4.88 Å². The molecule has 0 saturated heterocycles. The van der Waals surface area contributed by atoms with Crippen molar-refractivity contribution in [2.75, 3.05) is 12.3 Å². The number of benzene rings is 1. The van der Waals surface area contributed by atoms with E-state index in [4.69, 9.17) is 10.5 Å². The molecule has 2 rings (SSSR count). The highest BCUT2D eigenvalue weighted by molar-refractivity contribution is 7.18. The van der Waals surface area contributed by atoms with Crippen LogP contribution in [0.2, 0.25) is 0 Å². The predicted octanol–water partition coefficient (Wildman–Crippen LogP) is 3.40. The summed E-state index contributed by atoms with van der Waals surface area (Å²) in [7, 11) is 0. The normalized spacial score (nSPS) is 10.4. The zero-order valence-corrected chi connectivity index (χ0v) is 11.6. The lowest BCUT2D eigenvalue weighted by Crippen LogP contribution is -1.99. The summed E-state index contributed by atoms with van der Waals surface area (Å²) in [6.07, 6.45) is 0. The van der Waals surface area contributed by atoms with Gasteiger partial charge in [-0.25, -0.2) is 4.79 Å². The molecule has 2 aromatic rings. The van der Waals surface area contributed by atoms with Crippen LogP contribution in [-0.2, 0) is 0 Å². The van der Waals surface area contributed by atoms with Crippen molar-refractivity contribution >= 4 is 23.0 Å². The van der Waals surface area contributed by atoms with Gasteiger partial charge in [0.1, 0.15) is 5.75 Å². The molecule has 1 aromatic carbocycles. The quantitative estimate of drug-likeness (QED) is 0.840. The number of ether oxygens (including phenoxy) is 1. The maximum atomic E-state index is 11.3. The summed E-state index contributed by atoms with van der Waals surface area (Å²) < 4.78 is 5.46. The molecule has 0 aliphatic rings. The second kappa shape index (κ2) is 5.32. The Morgan fingerprint density at radius 2 is 2.21 bits per heavy atom. The Hall–Kier alpha value is -2.01. The number of carboxylic acids is 1. The van der Waals surface area contributed by atoms with Gasteiger partial charge in [-0.15, -0.1) is 11.3 Å². The van der Waals surface area contributed by atoms with Gasteiger partial charge in [0, 0.05) is 16.1 Å². The number of nitrogen functional groups attached to an aromatic ring is 1. The first-order chi connectivity index (χ1) is 9.04. The average molecular weight is 277 g/mol. The minimum atomic E-state index is -0.966. The molecule has 0 radical (unpaired) electrons. The number of rotatable bonds is 4. The third kappa shape index (κ3) is 2.56. The van der Waals surface area contributed by atoms with E-state index >= 15 is 0 Å². The number of carbonyl (C=O) groups is 1. The van der Waals surface area contributed by atoms with Crippen LogP contribution in [0, 0.1) is 6.92 Å². The predicted molar refractivity (Wildman–Crippen MR) is 77.0 cm³/mol. The number of hydrogen-bond acceptors (Lipinski definition) is 4. The smallest absolute Gasteiger partial charge is 0.349 e. The van der Waals surface area contributed by atoms with Crippen molar-refractivity contribution in [2.24, 2.45) is 0 Å². The molecule has 19 heavy (non-hydrogen) atoms. The van der Waals surface area contributed by atoms with Gasteiger partial charge >= 0.3 is 5.97 Å². The molecule has 1 heterocycles. The van der Waals surface area contributed by atoms with Crippen LogP contribution in [0.25, 0.3) is 10.4 Å². The highest BCUT2D eigenvalue weighted by atomic mass is 32.1. The lowest BCUT2D eigenvalue weighted by molar-refractivity contribution is 0.0698. The fraction of sp³-hybridized carbons (Fsp3) is 0.214. The van der Waals surface area contributed by atoms with Crippen molar-refractivity contribution in [3.05, 3.63) is 34.7 Å². The standard InChI is InChI=1S/C14H15NO3S/c1-3-18-11-8(2)12(19-13(11)14(16)17)9-5-4-6-10(15)7-9/h4-7H,3,15H2,1-2H3,(H,16,17). The van der Waals surface area contributed by atoms with Crippen LogP contribution < -0.4 is 10.5 Å². The van der Waals surface area contributed by atoms with Crippen LogP contribution in [0.15, 0.2) is 24.3 Å². The van der Waals surface area contributed by atoms with Crippen molar-refractivity contribution in [1.82, 2.24) is 0 Å². The van der Waals surface area contributed by atoms with Gasteiger partial charge in [0.25, 0.3) is 0 Å². The molecule has 0 saturated carbocycles. The SMILES string of the molecule is CCOc1c(C(=O)O)sc(-c2cccc(N)c2)c1C. The van der Waals surface area contributed by atoms with Crippen LogP contribution in [0.3, 0.4) is 0 Å². The van der Waals surface area contributed by atoms with Gasteiger partial charge in [-0.05, 0) is 31.5 Å². The highest BCUT2D eigenvalue weighted by Gasteiger charge is 2.22. The van der Waals surface area contributed by atoms with Crippen molar-refractivity contribution in [3.63, 3.8) is 0 Å². The van der Waals surface area contributed by atoms with Gasteiger partial charge in [-0.1, -0.05) is 12.1 Å². The van der Waals surface area contributed by atoms with E-state index in [1.807, 2.05) is 32.0 Å². The van der Waals surface area contributed by atoms with E-state index in [0.29, 0.717) is 18.0 Å².